The van der Waals surface area contributed by atoms with Crippen LogP contribution in [0, 0.1) is 11.3 Å². The van der Waals surface area contributed by atoms with Crippen molar-refractivity contribution in [2.45, 2.75) is 68.8 Å². The van der Waals surface area contributed by atoms with Crippen molar-refractivity contribution < 1.29 is 23.8 Å². The fraction of sp³-hybridized carbons (Fsp3) is 0.519. The van der Waals surface area contributed by atoms with Crippen LogP contribution in [0.25, 0.3) is 11.2 Å². The number of carbonyl (C=O) groups is 2. The lowest BCUT2D eigenvalue weighted by Gasteiger charge is -2.34. The van der Waals surface area contributed by atoms with E-state index in [9.17, 15) is 9.59 Å². The van der Waals surface area contributed by atoms with Crippen LogP contribution in [0.3, 0.4) is 0 Å². The Kier molecular flexibility index (Phi) is 9.37. The molecule has 3 aromatic rings. The highest BCUT2D eigenvalue weighted by Gasteiger charge is 2.28. The van der Waals surface area contributed by atoms with Crippen LogP contribution in [-0.2, 0) is 16.1 Å². The molecule has 4 rings (SSSR count). The van der Waals surface area contributed by atoms with Crippen molar-refractivity contribution >= 4 is 46.5 Å². The molecule has 222 valence electrons. The maximum absolute atomic E-state index is 12.9. The minimum atomic E-state index is -0.678. The van der Waals surface area contributed by atoms with Gasteiger partial charge in [0.25, 0.3) is 0 Å². The minimum Gasteiger partial charge on any atom is -0.497 e. The number of benzene rings is 1. The maximum atomic E-state index is 12.9. The number of H-pyrrole nitrogens is 1. The first kappa shape index (κ1) is 30.5. The molecule has 1 saturated heterocycles. The van der Waals surface area contributed by atoms with Crippen molar-refractivity contribution in [2.75, 3.05) is 27.3 Å². The third kappa shape index (κ3) is 7.45. The fourth-order valence-corrected chi connectivity index (χ4v) is 5.73. The second-order valence-electron chi connectivity index (χ2n) is 10.9. The van der Waals surface area contributed by atoms with Crippen LogP contribution in [0.4, 0.5) is 4.79 Å². The molecule has 2 amide bonds. The molecule has 41 heavy (non-hydrogen) atoms. The Morgan fingerprint density at radius 2 is 1.95 bits per heavy atom. The number of carbonyl (C=O) groups excluding carboxylic acids is 2. The molecule has 3 N–H and O–H groups in total. The second kappa shape index (κ2) is 12.6. The van der Waals surface area contributed by atoms with Gasteiger partial charge in [0.1, 0.15) is 28.7 Å². The zero-order chi connectivity index (χ0) is 29.9. The van der Waals surface area contributed by atoms with Gasteiger partial charge in [0.15, 0.2) is 16.3 Å². The zero-order valence-electron chi connectivity index (χ0n) is 24.0. The molecule has 0 saturated carbocycles. The number of ether oxygens (including phenoxy) is 3. The van der Waals surface area contributed by atoms with Gasteiger partial charge >= 0.3 is 6.09 Å². The normalized spacial score (nSPS) is 15.0. The average molecular weight is 606 g/mol. The summed E-state index contributed by atoms with van der Waals surface area (Å²) in [5, 5.41) is 11.9. The molecule has 0 radical (unpaired) electrons. The van der Waals surface area contributed by atoms with Gasteiger partial charge in [-0.05, 0) is 64.3 Å². The number of alkyl carbamates (subject to hydrolysis) is 1. The number of aromatic amines is 1. The number of nitrogens with one attached hydrogen (secondary N) is 3. The molecule has 0 aliphatic carbocycles. The summed E-state index contributed by atoms with van der Waals surface area (Å²) in [4.78, 5) is 39.7. The highest BCUT2D eigenvalue weighted by atomic mass is 35.5. The molecule has 1 aliphatic rings. The molecule has 1 aromatic carbocycles. The number of fused-ring (bicyclic) bond motifs is 1. The largest absolute Gasteiger partial charge is 0.497 e. The summed E-state index contributed by atoms with van der Waals surface area (Å²) in [6, 6.07) is 2.83. The maximum Gasteiger partial charge on any atom is 0.408 e. The van der Waals surface area contributed by atoms with Crippen LogP contribution >= 0.6 is 23.4 Å². The number of imidazole rings is 1. The summed E-state index contributed by atoms with van der Waals surface area (Å²) in [7, 11) is 3.11. The number of methoxy groups -OCH3 is 2. The minimum absolute atomic E-state index is 0.0943. The number of hydrogen-bond acceptors (Lipinski definition) is 9. The summed E-state index contributed by atoms with van der Waals surface area (Å²) in [5.74, 6) is 1.24. The molecule has 2 aromatic heterocycles. The van der Waals surface area contributed by atoms with E-state index in [4.69, 9.17) is 36.2 Å². The van der Waals surface area contributed by atoms with E-state index < -0.39 is 17.7 Å². The van der Waals surface area contributed by atoms with Crippen LogP contribution in [0.1, 0.15) is 40.5 Å². The van der Waals surface area contributed by atoms with E-state index in [1.807, 2.05) is 4.57 Å². The Morgan fingerprint density at radius 3 is 2.59 bits per heavy atom. The van der Waals surface area contributed by atoms with E-state index in [2.05, 4.69) is 15.3 Å². The predicted molar refractivity (Wildman–Crippen MR) is 155 cm³/mol. The standard InChI is InChI=1S/C27H36ClN7O5S/c1-15(31-26(37)40-27(2,3)4)24(36)34-9-7-16(8-10-34)13-35-14-30-22(29)21-23(35)33-25(32-21)41-19-12-17(38-5)11-18(39-6)20(19)28/h11-12,14-16,29H,7-10,13H2,1-6H3,(H,31,37)(H,32,33)/t15-/m1/s1. The lowest BCUT2D eigenvalue weighted by molar-refractivity contribution is -0.134. The van der Waals surface area contributed by atoms with E-state index in [1.165, 1.54) is 11.8 Å². The Labute approximate surface area is 247 Å². The van der Waals surface area contributed by atoms with Crippen molar-refractivity contribution in [1.29, 1.82) is 5.41 Å². The summed E-state index contributed by atoms with van der Waals surface area (Å²) in [6.45, 7) is 8.79. The van der Waals surface area contributed by atoms with E-state index in [0.29, 0.717) is 57.4 Å². The Balaban J connectivity index is 1.42. The summed E-state index contributed by atoms with van der Waals surface area (Å²) >= 11 is 7.84. The van der Waals surface area contributed by atoms with Crippen LogP contribution in [0.15, 0.2) is 28.5 Å². The molecule has 0 bridgehead atoms. The van der Waals surface area contributed by atoms with Crippen LogP contribution in [-0.4, -0.2) is 75.4 Å². The number of aromatic nitrogens is 4. The van der Waals surface area contributed by atoms with Gasteiger partial charge in [0, 0.05) is 30.6 Å². The highest BCUT2D eigenvalue weighted by Crippen LogP contribution is 2.41. The Morgan fingerprint density at radius 1 is 1.24 bits per heavy atom. The molecule has 1 aliphatic heterocycles. The van der Waals surface area contributed by atoms with E-state index in [1.54, 1.807) is 65.3 Å². The van der Waals surface area contributed by atoms with E-state index >= 15 is 0 Å². The Hall–Kier alpha value is -3.45. The number of rotatable bonds is 8. The number of likely N-dealkylation sites (tertiary alicyclic amines) is 1. The van der Waals surface area contributed by atoms with Crippen molar-refractivity contribution in [1.82, 2.24) is 29.7 Å². The van der Waals surface area contributed by atoms with E-state index in [-0.39, 0.29) is 17.3 Å². The van der Waals surface area contributed by atoms with Gasteiger partial charge in [-0.3, -0.25) is 10.2 Å². The van der Waals surface area contributed by atoms with Gasteiger partial charge in [-0.25, -0.2) is 14.8 Å². The number of amides is 2. The van der Waals surface area contributed by atoms with Crippen molar-refractivity contribution in [3.8, 4) is 11.5 Å². The van der Waals surface area contributed by atoms with Gasteiger partial charge < -0.3 is 34.0 Å². The van der Waals surface area contributed by atoms with E-state index in [0.717, 1.165) is 12.8 Å². The molecule has 1 atom stereocenters. The van der Waals surface area contributed by atoms with Crippen molar-refractivity contribution in [3.63, 3.8) is 0 Å². The summed E-state index contributed by atoms with van der Waals surface area (Å²) in [6.07, 6.45) is 2.59. The molecule has 3 heterocycles. The van der Waals surface area contributed by atoms with Crippen LogP contribution in [0.2, 0.25) is 5.02 Å². The van der Waals surface area contributed by atoms with Gasteiger partial charge in [0.05, 0.1) is 25.6 Å². The second-order valence-corrected chi connectivity index (χ2v) is 12.3. The molecule has 14 heteroatoms. The lowest BCUT2D eigenvalue weighted by atomic mass is 9.96. The molecule has 0 unspecified atom stereocenters. The lowest BCUT2D eigenvalue weighted by Crippen LogP contribution is -2.50. The SMILES string of the molecule is COc1cc(OC)c(Cl)c(Sc2nc3c([nH]2)c(=N)ncn3CC2CCN(C(=O)[C@@H](C)NC(=O)OC(C)(C)C)CC2)c1. The predicted octanol–water partition coefficient (Wildman–Crippen LogP) is 4.21. The van der Waals surface area contributed by atoms with Crippen molar-refractivity contribution in [3.05, 3.63) is 29.0 Å². The fourth-order valence-electron chi connectivity index (χ4n) is 4.57. The third-order valence-corrected chi connectivity index (χ3v) is 8.05. The molecule has 0 spiro atoms. The van der Waals surface area contributed by atoms with Crippen LogP contribution in [0.5, 0.6) is 11.5 Å². The topological polar surface area (TPSA) is 147 Å². The number of nitrogens with zero attached hydrogens (tertiary/aromatic N) is 4. The number of hydrogen-bond donors (Lipinski definition) is 3. The van der Waals surface area contributed by atoms with Gasteiger partial charge in [-0.1, -0.05) is 11.6 Å². The summed E-state index contributed by atoms with van der Waals surface area (Å²) in [5.41, 5.74) is 0.602. The van der Waals surface area contributed by atoms with Crippen molar-refractivity contribution in [2.24, 2.45) is 5.92 Å². The molecular formula is C27H36ClN7O5S. The average Bonchev–Trinajstić information content (AvgIpc) is 3.35. The third-order valence-electron chi connectivity index (χ3n) is 6.62. The Bertz CT molecular complexity index is 1480. The van der Waals surface area contributed by atoms with Gasteiger partial charge in [-0.2, -0.15) is 0 Å². The smallest absolute Gasteiger partial charge is 0.408 e. The zero-order valence-corrected chi connectivity index (χ0v) is 25.6. The number of piperidine rings is 1. The quantitative estimate of drug-likeness (QED) is 0.346. The molecular weight excluding hydrogens is 570 g/mol. The number of halogens is 1. The van der Waals surface area contributed by atoms with Crippen LogP contribution < -0.4 is 20.3 Å². The summed E-state index contributed by atoms with van der Waals surface area (Å²) < 4.78 is 17.9. The molecule has 1 fully saturated rings. The molecule has 12 nitrogen and oxygen atoms in total. The highest BCUT2D eigenvalue weighted by molar-refractivity contribution is 7.99. The first-order valence-electron chi connectivity index (χ1n) is 13.3. The first-order chi connectivity index (χ1) is 19.4. The van der Waals surface area contributed by atoms with Gasteiger partial charge in [0.2, 0.25) is 5.91 Å². The monoisotopic (exact) mass is 605 g/mol. The first-order valence-corrected chi connectivity index (χ1v) is 14.5. The van der Waals surface area contributed by atoms with Gasteiger partial charge in [-0.15, -0.1) is 0 Å².